The van der Waals surface area contributed by atoms with Gasteiger partial charge in [0.2, 0.25) is 11.8 Å². The average Bonchev–Trinajstić information content (AvgIpc) is 2.29. The molecule has 0 radical (unpaired) electrons. The Bertz CT molecular complexity index is 320. The molecule has 1 atom stereocenters. The second kappa shape index (κ2) is 6.16. The van der Waals surface area contributed by atoms with Crippen molar-refractivity contribution in [1.29, 1.82) is 0 Å². The minimum atomic E-state index is -0.569. The Kier molecular flexibility index (Phi) is 4.85. The van der Waals surface area contributed by atoms with Gasteiger partial charge in [-0.3, -0.25) is 19.8 Å². The van der Waals surface area contributed by atoms with Crippen molar-refractivity contribution in [1.82, 2.24) is 20.9 Å². The molecule has 0 aliphatic carbocycles. The summed E-state index contributed by atoms with van der Waals surface area (Å²) in [5.41, 5.74) is 5.23. The molecule has 17 heavy (non-hydrogen) atoms. The number of hydrogen-bond donors (Lipinski definition) is 4. The number of piperazine rings is 1. The van der Waals surface area contributed by atoms with Gasteiger partial charge in [-0.15, -0.1) is 0 Å². The van der Waals surface area contributed by atoms with Crippen molar-refractivity contribution in [2.45, 2.75) is 6.04 Å². The third kappa shape index (κ3) is 4.00. The highest BCUT2D eigenvalue weighted by Crippen LogP contribution is 2.01. The van der Waals surface area contributed by atoms with E-state index in [1.807, 2.05) is 0 Å². The van der Waals surface area contributed by atoms with Crippen LogP contribution in [0, 0.1) is 0 Å². The first-order valence-electron chi connectivity index (χ1n) is 5.30. The zero-order chi connectivity index (χ0) is 12.8. The number of imide groups is 1. The van der Waals surface area contributed by atoms with Crippen LogP contribution in [-0.4, -0.2) is 62.0 Å². The Hall–Kier alpha value is -1.67. The summed E-state index contributed by atoms with van der Waals surface area (Å²) < 4.78 is 0. The largest absolute Gasteiger partial charge is 0.368 e. The molecule has 0 aromatic rings. The normalized spacial score (nSPS) is 20.6. The van der Waals surface area contributed by atoms with Crippen LogP contribution < -0.4 is 21.7 Å². The number of carbonyl (C=O) groups excluding carboxylic acids is 3. The molecule has 0 saturated carbocycles. The van der Waals surface area contributed by atoms with E-state index in [0.717, 1.165) is 0 Å². The Morgan fingerprint density at radius 1 is 1.47 bits per heavy atom. The van der Waals surface area contributed by atoms with Gasteiger partial charge in [0, 0.05) is 26.7 Å². The fourth-order valence-electron chi connectivity index (χ4n) is 1.63. The summed E-state index contributed by atoms with van der Waals surface area (Å²) in [6.07, 6.45) is 0. The highest BCUT2D eigenvalue weighted by atomic mass is 16.2. The predicted molar refractivity (Wildman–Crippen MR) is 60.0 cm³/mol. The van der Waals surface area contributed by atoms with Crippen LogP contribution in [0.3, 0.4) is 0 Å². The zero-order valence-electron chi connectivity index (χ0n) is 9.66. The van der Waals surface area contributed by atoms with Gasteiger partial charge in [-0.1, -0.05) is 0 Å². The summed E-state index contributed by atoms with van der Waals surface area (Å²) in [5, 5.41) is 7.42. The summed E-state index contributed by atoms with van der Waals surface area (Å²) in [5.74, 6) is -0.942. The van der Waals surface area contributed by atoms with E-state index in [1.165, 1.54) is 7.05 Å². The minimum absolute atomic E-state index is 0.0251. The number of primary amides is 1. The lowest BCUT2D eigenvalue weighted by Crippen LogP contribution is -2.59. The molecule has 0 aromatic heterocycles. The minimum Gasteiger partial charge on any atom is -0.368 e. The van der Waals surface area contributed by atoms with Crippen molar-refractivity contribution >= 4 is 17.8 Å². The summed E-state index contributed by atoms with van der Waals surface area (Å²) in [6.45, 7) is 1.61. The molecule has 96 valence electrons. The van der Waals surface area contributed by atoms with Crippen LogP contribution in [0.4, 0.5) is 4.79 Å². The predicted octanol–water partition coefficient (Wildman–Crippen LogP) is -2.80. The van der Waals surface area contributed by atoms with Crippen LogP contribution in [0.1, 0.15) is 0 Å². The van der Waals surface area contributed by atoms with Crippen molar-refractivity contribution in [2.24, 2.45) is 5.73 Å². The van der Waals surface area contributed by atoms with Crippen molar-refractivity contribution in [2.75, 3.05) is 33.2 Å². The third-order valence-corrected chi connectivity index (χ3v) is 2.51. The average molecular weight is 243 g/mol. The second-order valence-electron chi connectivity index (χ2n) is 3.72. The van der Waals surface area contributed by atoms with Gasteiger partial charge in [0.1, 0.15) is 6.04 Å². The van der Waals surface area contributed by atoms with Crippen molar-refractivity contribution in [3.8, 4) is 0 Å². The molecule has 1 heterocycles. The number of amides is 4. The monoisotopic (exact) mass is 243 g/mol. The number of hydrogen-bond acceptors (Lipinski definition) is 5. The van der Waals surface area contributed by atoms with Crippen LogP contribution in [0.5, 0.6) is 0 Å². The Morgan fingerprint density at radius 3 is 2.76 bits per heavy atom. The third-order valence-electron chi connectivity index (χ3n) is 2.51. The van der Waals surface area contributed by atoms with Gasteiger partial charge in [-0.2, -0.15) is 0 Å². The van der Waals surface area contributed by atoms with Crippen LogP contribution in [-0.2, 0) is 9.59 Å². The molecule has 1 rings (SSSR count). The van der Waals surface area contributed by atoms with Gasteiger partial charge in [0.25, 0.3) is 0 Å². The fourth-order valence-corrected chi connectivity index (χ4v) is 1.63. The molecule has 1 aliphatic heterocycles. The molecule has 4 amide bonds. The molecule has 1 unspecified atom stereocenters. The van der Waals surface area contributed by atoms with Gasteiger partial charge in [0.05, 0.1) is 6.54 Å². The maximum Gasteiger partial charge on any atom is 0.321 e. The molecule has 8 heteroatoms. The van der Waals surface area contributed by atoms with E-state index >= 15 is 0 Å². The SMILES string of the molecule is CNC(=O)NC(=O)CN1CCNCC1C(N)=O. The Balaban J connectivity index is 2.50. The number of urea groups is 1. The van der Waals surface area contributed by atoms with Crippen molar-refractivity contribution in [3.05, 3.63) is 0 Å². The van der Waals surface area contributed by atoms with E-state index in [1.54, 1.807) is 4.90 Å². The zero-order valence-corrected chi connectivity index (χ0v) is 9.66. The standard InChI is InChI=1S/C9H17N5O3/c1-11-9(17)13-7(15)5-14-3-2-12-4-6(14)8(10)16/h6,12H,2-5H2,1H3,(H2,10,16)(H2,11,13,15,17). The molecule has 8 nitrogen and oxygen atoms in total. The van der Waals surface area contributed by atoms with E-state index in [-0.39, 0.29) is 6.54 Å². The molecule has 1 fully saturated rings. The number of nitrogens with two attached hydrogens (primary N) is 1. The maximum atomic E-state index is 11.5. The molecule has 1 saturated heterocycles. The first kappa shape index (κ1) is 13.4. The van der Waals surface area contributed by atoms with Crippen LogP contribution in [0.15, 0.2) is 0 Å². The van der Waals surface area contributed by atoms with Gasteiger partial charge < -0.3 is 16.4 Å². The van der Waals surface area contributed by atoms with Gasteiger partial charge >= 0.3 is 6.03 Å². The van der Waals surface area contributed by atoms with Gasteiger partial charge in [-0.05, 0) is 0 Å². The summed E-state index contributed by atoms with van der Waals surface area (Å²) in [6, 6.07) is -1.08. The maximum absolute atomic E-state index is 11.5. The molecule has 5 N–H and O–H groups in total. The van der Waals surface area contributed by atoms with E-state index in [2.05, 4.69) is 16.0 Å². The number of rotatable bonds is 3. The second-order valence-corrected chi connectivity index (χ2v) is 3.72. The van der Waals surface area contributed by atoms with Gasteiger partial charge in [0.15, 0.2) is 0 Å². The van der Waals surface area contributed by atoms with Crippen molar-refractivity contribution in [3.63, 3.8) is 0 Å². The topological polar surface area (TPSA) is 117 Å². The molecule has 0 aromatic carbocycles. The molecular formula is C9H17N5O3. The summed E-state index contributed by atoms with van der Waals surface area (Å²) in [4.78, 5) is 35.2. The van der Waals surface area contributed by atoms with Crippen LogP contribution in [0.25, 0.3) is 0 Å². The lowest BCUT2D eigenvalue weighted by molar-refractivity contribution is -0.127. The van der Waals surface area contributed by atoms with Gasteiger partial charge in [-0.25, -0.2) is 4.79 Å². The lowest BCUT2D eigenvalue weighted by atomic mass is 10.2. The number of carbonyl (C=O) groups is 3. The highest BCUT2D eigenvalue weighted by Gasteiger charge is 2.28. The first-order chi connectivity index (χ1) is 8.04. The highest BCUT2D eigenvalue weighted by molar-refractivity contribution is 5.95. The molecular weight excluding hydrogens is 226 g/mol. The van der Waals surface area contributed by atoms with E-state index in [4.69, 9.17) is 5.73 Å². The molecule has 0 spiro atoms. The quantitative estimate of drug-likeness (QED) is 0.427. The smallest absolute Gasteiger partial charge is 0.321 e. The summed E-state index contributed by atoms with van der Waals surface area (Å²) in [7, 11) is 1.42. The van der Waals surface area contributed by atoms with Crippen molar-refractivity contribution < 1.29 is 14.4 Å². The number of nitrogens with zero attached hydrogens (tertiary/aromatic N) is 1. The van der Waals surface area contributed by atoms with E-state index in [9.17, 15) is 14.4 Å². The van der Waals surface area contributed by atoms with Crippen LogP contribution in [0.2, 0.25) is 0 Å². The van der Waals surface area contributed by atoms with E-state index < -0.39 is 23.9 Å². The summed E-state index contributed by atoms with van der Waals surface area (Å²) >= 11 is 0. The Morgan fingerprint density at radius 2 is 2.18 bits per heavy atom. The number of nitrogens with one attached hydrogen (secondary N) is 3. The van der Waals surface area contributed by atoms with Crippen LogP contribution >= 0.6 is 0 Å². The lowest BCUT2D eigenvalue weighted by Gasteiger charge is -2.33. The first-order valence-corrected chi connectivity index (χ1v) is 5.30. The molecule has 0 bridgehead atoms. The molecule has 1 aliphatic rings. The van der Waals surface area contributed by atoms with E-state index in [0.29, 0.717) is 19.6 Å². The Labute approximate surface area is 98.9 Å². The fraction of sp³-hybridized carbons (Fsp3) is 0.667.